The van der Waals surface area contributed by atoms with E-state index in [1.165, 1.54) is 11.8 Å². The first kappa shape index (κ1) is 17.1. The molecular weight excluding hydrogens is 356 g/mol. The zero-order chi connectivity index (χ0) is 18.3. The monoisotopic (exact) mass is 372 g/mol. The highest BCUT2D eigenvalue weighted by Crippen LogP contribution is 2.28. The van der Waals surface area contributed by atoms with Crippen molar-refractivity contribution in [3.05, 3.63) is 91.0 Å². The minimum Gasteiger partial charge on any atom is -0.424 e. The Morgan fingerprint density at radius 3 is 2.00 bits per heavy atom. The Kier molecular flexibility index (Phi) is 5.26. The molecule has 0 atom stereocenters. The van der Waals surface area contributed by atoms with Crippen LogP contribution in [0.1, 0.15) is 0 Å². The largest absolute Gasteiger partial charge is 0.424 e. The van der Waals surface area contributed by atoms with Crippen LogP contribution in [-0.4, -0.2) is 15.0 Å². The highest BCUT2D eigenvalue weighted by Gasteiger charge is 2.10. The van der Waals surface area contributed by atoms with Gasteiger partial charge < -0.3 is 10.1 Å². The molecule has 0 fully saturated rings. The molecule has 132 valence electrons. The van der Waals surface area contributed by atoms with Crippen molar-refractivity contribution >= 4 is 23.4 Å². The Bertz CT molecular complexity index is 854. The summed E-state index contributed by atoms with van der Waals surface area (Å²) >= 11 is 1.45. The van der Waals surface area contributed by atoms with Gasteiger partial charge in [-0.15, -0.1) is 0 Å². The third kappa shape index (κ3) is 4.83. The maximum atomic E-state index is 5.82. The summed E-state index contributed by atoms with van der Waals surface area (Å²) in [4.78, 5) is 14.4. The highest BCUT2D eigenvalue weighted by molar-refractivity contribution is 7.99. The Morgan fingerprint density at radius 1 is 0.667 bits per heavy atom. The predicted molar refractivity (Wildman–Crippen MR) is 107 cm³/mol. The fourth-order valence-corrected chi connectivity index (χ4v) is 3.08. The van der Waals surface area contributed by atoms with Gasteiger partial charge in [-0.3, -0.25) is 0 Å². The van der Waals surface area contributed by atoms with Gasteiger partial charge in [0.15, 0.2) is 0 Å². The first-order valence-corrected chi connectivity index (χ1v) is 9.21. The van der Waals surface area contributed by atoms with Gasteiger partial charge in [-0.05, 0) is 48.2 Å². The average Bonchev–Trinajstić information content (AvgIpc) is 2.70. The first-order chi connectivity index (χ1) is 13.3. The Hall–Kier alpha value is -3.38. The fraction of sp³-hybridized carbons (Fsp3) is 0. The minimum atomic E-state index is 0.244. The van der Waals surface area contributed by atoms with Crippen LogP contribution in [0.3, 0.4) is 0 Å². The smallest absolute Gasteiger partial charge is 0.327 e. The molecule has 4 rings (SSSR count). The summed E-state index contributed by atoms with van der Waals surface area (Å²) in [5, 5.41) is 3.76. The molecule has 0 bridgehead atoms. The van der Waals surface area contributed by atoms with Crippen molar-refractivity contribution in [1.29, 1.82) is 0 Å². The van der Waals surface area contributed by atoms with E-state index in [0.717, 1.165) is 10.6 Å². The topological polar surface area (TPSA) is 59.9 Å². The molecule has 0 saturated heterocycles. The van der Waals surface area contributed by atoms with Crippen molar-refractivity contribution < 1.29 is 4.74 Å². The molecule has 0 saturated carbocycles. The van der Waals surface area contributed by atoms with E-state index in [2.05, 4.69) is 20.3 Å². The number of rotatable bonds is 6. The molecule has 27 heavy (non-hydrogen) atoms. The van der Waals surface area contributed by atoms with Crippen LogP contribution in [0.2, 0.25) is 0 Å². The SMILES string of the molecule is c1ccc(Nc2nc(Oc3ccccc3)nc(Sc3ccccc3)n2)cc1. The van der Waals surface area contributed by atoms with Crippen molar-refractivity contribution in [3.63, 3.8) is 0 Å². The molecule has 0 amide bonds. The molecule has 0 unspecified atom stereocenters. The lowest BCUT2D eigenvalue weighted by Gasteiger charge is -2.09. The second-order valence-corrected chi connectivity index (χ2v) is 6.59. The van der Waals surface area contributed by atoms with Crippen LogP contribution in [0, 0.1) is 0 Å². The molecule has 5 nitrogen and oxygen atoms in total. The number of para-hydroxylation sites is 2. The van der Waals surface area contributed by atoms with Crippen LogP contribution in [-0.2, 0) is 0 Å². The molecule has 1 heterocycles. The lowest BCUT2D eigenvalue weighted by Crippen LogP contribution is -2.02. The maximum Gasteiger partial charge on any atom is 0.327 e. The van der Waals surface area contributed by atoms with Crippen LogP contribution in [0.25, 0.3) is 0 Å². The Balaban J connectivity index is 1.64. The number of nitrogens with zero attached hydrogens (tertiary/aromatic N) is 3. The zero-order valence-corrected chi connectivity index (χ0v) is 15.1. The number of hydrogen-bond donors (Lipinski definition) is 1. The van der Waals surface area contributed by atoms with Gasteiger partial charge in [0.1, 0.15) is 5.75 Å². The van der Waals surface area contributed by atoms with E-state index in [1.54, 1.807) is 0 Å². The Morgan fingerprint density at radius 2 is 1.30 bits per heavy atom. The van der Waals surface area contributed by atoms with Gasteiger partial charge in [0.25, 0.3) is 0 Å². The van der Waals surface area contributed by atoms with E-state index in [9.17, 15) is 0 Å². The van der Waals surface area contributed by atoms with E-state index in [0.29, 0.717) is 16.9 Å². The quantitative estimate of drug-likeness (QED) is 0.478. The second-order valence-electron chi connectivity index (χ2n) is 5.55. The predicted octanol–water partition coefficient (Wildman–Crippen LogP) is 5.56. The summed E-state index contributed by atoms with van der Waals surface area (Å²) < 4.78 is 5.82. The Labute approximate surface area is 161 Å². The van der Waals surface area contributed by atoms with Gasteiger partial charge in [0, 0.05) is 10.6 Å². The van der Waals surface area contributed by atoms with Gasteiger partial charge in [-0.25, -0.2) is 0 Å². The number of nitrogens with one attached hydrogen (secondary N) is 1. The number of anilines is 2. The summed E-state index contributed by atoms with van der Waals surface area (Å²) in [6.07, 6.45) is 0. The van der Waals surface area contributed by atoms with Crippen LogP contribution in [0.5, 0.6) is 11.8 Å². The van der Waals surface area contributed by atoms with Gasteiger partial charge >= 0.3 is 6.01 Å². The number of benzene rings is 3. The average molecular weight is 372 g/mol. The van der Waals surface area contributed by atoms with Crippen LogP contribution in [0.4, 0.5) is 11.6 Å². The number of ether oxygens (including phenoxy) is 1. The number of hydrogen-bond acceptors (Lipinski definition) is 6. The maximum absolute atomic E-state index is 5.82. The molecule has 0 radical (unpaired) electrons. The van der Waals surface area contributed by atoms with Crippen molar-refractivity contribution in [2.45, 2.75) is 10.1 Å². The lowest BCUT2D eigenvalue weighted by atomic mass is 10.3. The molecule has 0 aliphatic heterocycles. The molecule has 0 aliphatic carbocycles. The van der Waals surface area contributed by atoms with E-state index < -0.39 is 0 Å². The lowest BCUT2D eigenvalue weighted by molar-refractivity contribution is 0.434. The van der Waals surface area contributed by atoms with E-state index in [-0.39, 0.29) is 6.01 Å². The van der Waals surface area contributed by atoms with Crippen molar-refractivity contribution in [3.8, 4) is 11.8 Å². The number of aromatic nitrogens is 3. The molecule has 6 heteroatoms. The third-order valence-electron chi connectivity index (χ3n) is 3.53. The minimum absolute atomic E-state index is 0.244. The molecule has 1 aromatic heterocycles. The summed E-state index contributed by atoms with van der Waals surface area (Å²) in [6.45, 7) is 0. The van der Waals surface area contributed by atoms with Crippen molar-refractivity contribution in [2.75, 3.05) is 5.32 Å². The van der Waals surface area contributed by atoms with E-state index >= 15 is 0 Å². The fourth-order valence-electron chi connectivity index (χ4n) is 2.32. The van der Waals surface area contributed by atoms with Crippen LogP contribution >= 0.6 is 11.8 Å². The van der Waals surface area contributed by atoms with Gasteiger partial charge in [-0.2, -0.15) is 15.0 Å². The van der Waals surface area contributed by atoms with Crippen molar-refractivity contribution in [2.24, 2.45) is 0 Å². The van der Waals surface area contributed by atoms with Crippen LogP contribution < -0.4 is 10.1 Å². The molecule has 0 aliphatic rings. The summed E-state index contributed by atoms with van der Waals surface area (Å²) in [6, 6.07) is 29.4. The first-order valence-electron chi connectivity index (χ1n) is 8.39. The highest BCUT2D eigenvalue weighted by atomic mass is 32.2. The van der Waals surface area contributed by atoms with Gasteiger partial charge in [0.05, 0.1) is 0 Å². The van der Waals surface area contributed by atoms with E-state index in [4.69, 9.17) is 4.74 Å². The summed E-state index contributed by atoms with van der Waals surface area (Å²) in [7, 11) is 0. The van der Waals surface area contributed by atoms with Crippen molar-refractivity contribution in [1.82, 2.24) is 15.0 Å². The molecule has 4 aromatic rings. The van der Waals surface area contributed by atoms with Crippen LogP contribution in [0.15, 0.2) is 101 Å². The second kappa shape index (κ2) is 8.33. The van der Waals surface area contributed by atoms with Gasteiger partial charge in [0.2, 0.25) is 11.1 Å². The van der Waals surface area contributed by atoms with E-state index in [1.807, 2.05) is 91.0 Å². The molecule has 1 N–H and O–H groups in total. The zero-order valence-electron chi connectivity index (χ0n) is 14.3. The normalized spacial score (nSPS) is 10.4. The summed E-state index contributed by atoms with van der Waals surface area (Å²) in [5.74, 6) is 1.10. The standard InChI is InChI=1S/C21H16N4OS/c1-4-10-16(11-5-1)22-19-23-20(26-17-12-6-2-7-13-17)25-21(24-19)27-18-14-8-3-9-15-18/h1-15H,(H,22,23,24,25). The van der Waals surface area contributed by atoms with Gasteiger partial charge in [-0.1, -0.05) is 54.6 Å². The third-order valence-corrected chi connectivity index (χ3v) is 4.40. The molecule has 3 aromatic carbocycles. The molecule has 0 spiro atoms. The molecular formula is C21H16N4OS. The summed E-state index contributed by atoms with van der Waals surface area (Å²) in [5.41, 5.74) is 0.894.